The minimum Gasteiger partial charge on any atom is -0.465 e. The van der Waals surface area contributed by atoms with E-state index in [1.54, 1.807) is 13.0 Å². The molecule has 0 radical (unpaired) electrons. The number of hydrogen-bond acceptors (Lipinski definition) is 1. The molecule has 0 spiro atoms. The van der Waals surface area contributed by atoms with E-state index in [9.17, 15) is 9.18 Å². The molecule has 0 aliphatic carbocycles. The molecule has 1 aromatic rings. The maximum absolute atomic E-state index is 13.3. The van der Waals surface area contributed by atoms with Gasteiger partial charge in [0.15, 0.2) is 5.82 Å². The fraction of sp³-hybridized carbons (Fsp3) is 0.222. The second kappa shape index (κ2) is 4.81. The Kier molecular flexibility index (Phi) is 3.93. The van der Waals surface area contributed by atoms with Gasteiger partial charge in [0.05, 0.1) is 15.5 Å². The number of carbonyl (C=O) groups is 1. The molecule has 6 heteroatoms. The van der Waals surface area contributed by atoms with Crippen LogP contribution in [0.25, 0.3) is 0 Å². The van der Waals surface area contributed by atoms with Crippen LogP contribution in [0.5, 0.6) is 0 Å². The van der Waals surface area contributed by atoms with Crippen molar-refractivity contribution in [2.45, 2.75) is 13.0 Å². The van der Waals surface area contributed by atoms with E-state index in [2.05, 4.69) is 21.2 Å². The van der Waals surface area contributed by atoms with Crippen LogP contribution in [0.2, 0.25) is 5.02 Å². The highest BCUT2D eigenvalue weighted by molar-refractivity contribution is 9.10. The highest BCUT2D eigenvalue weighted by atomic mass is 79.9. The van der Waals surface area contributed by atoms with Gasteiger partial charge in [0.25, 0.3) is 0 Å². The van der Waals surface area contributed by atoms with E-state index in [1.165, 1.54) is 6.07 Å². The third kappa shape index (κ3) is 2.82. The maximum Gasteiger partial charge on any atom is 0.405 e. The van der Waals surface area contributed by atoms with Gasteiger partial charge in [-0.05, 0) is 34.5 Å². The fourth-order valence-electron chi connectivity index (χ4n) is 1.14. The van der Waals surface area contributed by atoms with Crippen molar-refractivity contribution in [1.29, 1.82) is 0 Å². The van der Waals surface area contributed by atoms with Crippen molar-refractivity contribution in [2.75, 3.05) is 0 Å². The highest BCUT2D eigenvalue weighted by Crippen LogP contribution is 2.30. The van der Waals surface area contributed by atoms with Crippen LogP contribution in [0.15, 0.2) is 16.6 Å². The molecule has 1 amide bonds. The molecular formula is C9H8BrClFNO2. The first-order chi connectivity index (χ1) is 6.93. The number of halogens is 3. The second-order valence-corrected chi connectivity index (χ2v) is 4.17. The predicted octanol–water partition coefficient (Wildman–Crippen LogP) is 3.57. The van der Waals surface area contributed by atoms with Crippen molar-refractivity contribution in [3.05, 3.63) is 33.0 Å². The van der Waals surface area contributed by atoms with Crippen LogP contribution in [0.3, 0.4) is 0 Å². The number of carboxylic acid groups (broad SMARTS) is 1. The lowest BCUT2D eigenvalue weighted by atomic mass is 10.1. The highest BCUT2D eigenvalue weighted by Gasteiger charge is 2.16. The molecule has 1 aromatic carbocycles. The van der Waals surface area contributed by atoms with Gasteiger partial charge < -0.3 is 10.4 Å². The molecular weight excluding hydrogens is 288 g/mol. The van der Waals surface area contributed by atoms with E-state index in [0.717, 1.165) is 0 Å². The first-order valence-corrected chi connectivity index (χ1v) is 5.23. The van der Waals surface area contributed by atoms with Gasteiger partial charge in [0, 0.05) is 0 Å². The SMILES string of the molecule is CC(NC(=O)O)c1ccc(Br)c(F)c1Cl. The average Bonchev–Trinajstić information content (AvgIpc) is 2.13. The Labute approximate surface area is 99.4 Å². The Morgan fingerprint density at radius 2 is 2.27 bits per heavy atom. The monoisotopic (exact) mass is 295 g/mol. The van der Waals surface area contributed by atoms with Gasteiger partial charge in [-0.2, -0.15) is 0 Å². The smallest absolute Gasteiger partial charge is 0.405 e. The van der Waals surface area contributed by atoms with Gasteiger partial charge in [0.2, 0.25) is 0 Å². The normalized spacial score (nSPS) is 12.3. The quantitative estimate of drug-likeness (QED) is 0.820. The third-order valence-electron chi connectivity index (χ3n) is 1.87. The molecule has 82 valence electrons. The molecule has 0 saturated carbocycles. The molecule has 1 unspecified atom stereocenters. The van der Waals surface area contributed by atoms with Crippen LogP contribution < -0.4 is 5.32 Å². The Bertz CT molecular complexity index is 400. The summed E-state index contributed by atoms with van der Waals surface area (Å²) in [5.74, 6) is -0.590. The molecule has 0 aliphatic rings. The molecule has 0 saturated heterocycles. The standard InChI is InChI=1S/C9H8BrClFNO2/c1-4(13-9(14)15)5-2-3-6(10)8(12)7(5)11/h2-4,13H,1H3,(H,14,15). The van der Waals surface area contributed by atoms with E-state index in [-0.39, 0.29) is 9.50 Å². The summed E-state index contributed by atoms with van der Waals surface area (Å²) in [4.78, 5) is 10.4. The molecule has 0 aliphatic heterocycles. The van der Waals surface area contributed by atoms with Gasteiger partial charge in [-0.1, -0.05) is 17.7 Å². The second-order valence-electron chi connectivity index (χ2n) is 2.94. The van der Waals surface area contributed by atoms with Crippen LogP contribution in [-0.4, -0.2) is 11.2 Å². The molecule has 3 nitrogen and oxygen atoms in total. The lowest BCUT2D eigenvalue weighted by molar-refractivity contribution is 0.191. The molecule has 2 N–H and O–H groups in total. The zero-order valence-electron chi connectivity index (χ0n) is 7.72. The molecule has 1 atom stereocenters. The van der Waals surface area contributed by atoms with Gasteiger partial charge in [-0.3, -0.25) is 0 Å². The van der Waals surface area contributed by atoms with Crippen LogP contribution in [0.4, 0.5) is 9.18 Å². The van der Waals surface area contributed by atoms with Gasteiger partial charge in [-0.25, -0.2) is 9.18 Å². The Balaban J connectivity index is 3.05. The minimum absolute atomic E-state index is 0.0781. The number of benzene rings is 1. The van der Waals surface area contributed by atoms with Crippen molar-refractivity contribution < 1.29 is 14.3 Å². The van der Waals surface area contributed by atoms with E-state index in [0.29, 0.717) is 5.56 Å². The summed E-state index contributed by atoms with van der Waals surface area (Å²) in [5.41, 5.74) is 0.403. The van der Waals surface area contributed by atoms with E-state index < -0.39 is 18.0 Å². The summed E-state index contributed by atoms with van der Waals surface area (Å²) in [6.45, 7) is 1.59. The molecule has 0 bridgehead atoms. The molecule has 0 aromatic heterocycles. The van der Waals surface area contributed by atoms with Gasteiger partial charge in [0.1, 0.15) is 0 Å². The summed E-state index contributed by atoms with van der Waals surface area (Å²) in [6.07, 6.45) is -1.18. The number of hydrogen-bond donors (Lipinski definition) is 2. The van der Waals surface area contributed by atoms with Crippen molar-refractivity contribution >= 4 is 33.6 Å². The summed E-state index contributed by atoms with van der Waals surface area (Å²) >= 11 is 8.72. The maximum atomic E-state index is 13.3. The number of amides is 1. The first kappa shape index (κ1) is 12.3. The Hall–Kier alpha value is -0.810. The van der Waals surface area contributed by atoms with Crippen LogP contribution >= 0.6 is 27.5 Å². The number of nitrogens with one attached hydrogen (secondary N) is 1. The summed E-state index contributed by atoms with van der Waals surface area (Å²) in [7, 11) is 0. The third-order valence-corrected chi connectivity index (χ3v) is 2.87. The van der Waals surface area contributed by atoms with Gasteiger partial charge in [-0.15, -0.1) is 0 Å². The zero-order chi connectivity index (χ0) is 11.6. The topological polar surface area (TPSA) is 49.3 Å². The fourth-order valence-corrected chi connectivity index (χ4v) is 1.91. The molecule has 0 fully saturated rings. The largest absolute Gasteiger partial charge is 0.465 e. The zero-order valence-corrected chi connectivity index (χ0v) is 10.1. The number of rotatable bonds is 2. The van der Waals surface area contributed by atoms with E-state index in [4.69, 9.17) is 16.7 Å². The van der Waals surface area contributed by atoms with Crippen molar-refractivity contribution in [3.8, 4) is 0 Å². The summed E-state index contributed by atoms with van der Waals surface area (Å²) < 4.78 is 13.6. The Morgan fingerprint density at radius 1 is 1.67 bits per heavy atom. The van der Waals surface area contributed by atoms with E-state index >= 15 is 0 Å². The average molecular weight is 297 g/mol. The molecule has 0 heterocycles. The van der Waals surface area contributed by atoms with Crippen LogP contribution in [0, 0.1) is 5.82 Å². The summed E-state index contributed by atoms with van der Waals surface area (Å²) in [6, 6.07) is 2.49. The van der Waals surface area contributed by atoms with Crippen molar-refractivity contribution in [3.63, 3.8) is 0 Å². The molecule has 1 rings (SSSR count). The van der Waals surface area contributed by atoms with Crippen LogP contribution in [-0.2, 0) is 0 Å². The van der Waals surface area contributed by atoms with Crippen molar-refractivity contribution in [1.82, 2.24) is 5.32 Å². The first-order valence-electron chi connectivity index (χ1n) is 4.06. The predicted molar refractivity (Wildman–Crippen MR) is 58.7 cm³/mol. The van der Waals surface area contributed by atoms with Gasteiger partial charge >= 0.3 is 6.09 Å². The molecule has 15 heavy (non-hydrogen) atoms. The van der Waals surface area contributed by atoms with Crippen LogP contribution in [0.1, 0.15) is 18.5 Å². The lowest BCUT2D eigenvalue weighted by Gasteiger charge is -2.14. The summed E-state index contributed by atoms with van der Waals surface area (Å²) in [5, 5.41) is 10.6. The van der Waals surface area contributed by atoms with E-state index in [1.807, 2.05) is 0 Å². The van der Waals surface area contributed by atoms with Crippen molar-refractivity contribution in [2.24, 2.45) is 0 Å². The lowest BCUT2D eigenvalue weighted by Crippen LogP contribution is -2.24. The minimum atomic E-state index is -1.18. The Morgan fingerprint density at radius 3 is 2.80 bits per heavy atom.